The van der Waals surface area contributed by atoms with E-state index in [2.05, 4.69) is 21.0 Å². The molecule has 0 aromatic carbocycles. The topological polar surface area (TPSA) is 47.0 Å². The predicted octanol–water partition coefficient (Wildman–Crippen LogP) is 1.11. The van der Waals surface area contributed by atoms with Gasteiger partial charge in [0.05, 0.1) is 12.3 Å². The van der Waals surface area contributed by atoms with Crippen LogP contribution < -0.4 is 5.56 Å². The van der Waals surface area contributed by atoms with Crippen LogP contribution in [0.2, 0.25) is 0 Å². The van der Waals surface area contributed by atoms with Crippen molar-refractivity contribution >= 4 is 15.9 Å². The van der Waals surface area contributed by atoms with E-state index in [9.17, 15) is 4.79 Å². The first-order chi connectivity index (χ1) is 5.70. The van der Waals surface area contributed by atoms with Gasteiger partial charge in [-0.2, -0.15) is 0 Å². The van der Waals surface area contributed by atoms with Crippen molar-refractivity contribution in [3.05, 3.63) is 20.5 Å². The van der Waals surface area contributed by atoms with E-state index in [4.69, 9.17) is 4.74 Å². The highest BCUT2D eigenvalue weighted by Crippen LogP contribution is 2.09. The summed E-state index contributed by atoms with van der Waals surface area (Å²) < 4.78 is 7.00. The average molecular weight is 235 g/mol. The normalized spacial score (nSPS) is 10.6. The number of nitrogens with zero attached hydrogens (tertiary/aromatic N) is 1. The quantitative estimate of drug-likeness (QED) is 0.852. The average Bonchev–Trinajstić information content (AvgIpc) is 2.33. The molecule has 5 heteroatoms. The molecule has 1 heterocycles. The molecule has 0 saturated heterocycles. The fourth-order valence-corrected chi connectivity index (χ4v) is 1.39. The number of rotatable bonds is 3. The Balaban J connectivity index is 3.07. The summed E-state index contributed by atoms with van der Waals surface area (Å²) in [6.45, 7) is 2.96. The maximum Gasteiger partial charge on any atom is 0.281 e. The third-order valence-electron chi connectivity index (χ3n) is 1.57. The molecule has 0 atom stereocenters. The van der Waals surface area contributed by atoms with Crippen molar-refractivity contribution in [3.8, 4) is 0 Å². The number of aryl methyl sites for hydroxylation is 1. The first-order valence-electron chi connectivity index (χ1n) is 3.66. The number of hydrogen-bond donors (Lipinski definition) is 1. The van der Waals surface area contributed by atoms with E-state index in [1.165, 1.54) is 4.68 Å². The van der Waals surface area contributed by atoms with Gasteiger partial charge < -0.3 is 4.74 Å². The molecule has 1 N–H and O–H groups in total. The van der Waals surface area contributed by atoms with Crippen molar-refractivity contribution in [2.24, 2.45) is 0 Å². The lowest BCUT2D eigenvalue weighted by Gasteiger charge is -1.95. The van der Waals surface area contributed by atoms with Crippen LogP contribution in [0.15, 0.2) is 9.27 Å². The van der Waals surface area contributed by atoms with Gasteiger partial charge in [0.1, 0.15) is 4.47 Å². The van der Waals surface area contributed by atoms with Crippen molar-refractivity contribution in [1.82, 2.24) is 9.78 Å². The molecule has 1 aromatic heterocycles. The molecule has 1 rings (SSSR count). The van der Waals surface area contributed by atoms with Crippen LogP contribution in [-0.4, -0.2) is 16.9 Å². The second-order valence-corrected chi connectivity index (χ2v) is 3.18. The zero-order valence-corrected chi connectivity index (χ0v) is 8.64. The van der Waals surface area contributed by atoms with Crippen LogP contribution in [0, 0.1) is 0 Å². The molecule has 12 heavy (non-hydrogen) atoms. The van der Waals surface area contributed by atoms with Crippen LogP contribution in [0.4, 0.5) is 0 Å². The third-order valence-corrected chi connectivity index (χ3v) is 2.39. The Hall–Kier alpha value is -0.550. The van der Waals surface area contributed by atoms with E-state index >= 15 is 0 Å². The highest BCUT2D eigenvalue weighted by atomic mass is 79.9. The second-order valence-electron chi connectivity index (χ2n) is 2.39. The van der Waals surface area contributed by atoms with Gasteiger partial charge in [-0.25, -0.2) is 0 Å². The van der Waals surface area contributed by atoms with Gasteiger partial charge in [0.2, 0.25) is 0 Å². The smallest absolute Gasteiger partial charge is 0.281 e. The molecule has 0 aliphatic carbocycles. The van der Waals surface area contributed by atoms with Crippen molar-refractivity contribution in [2.75, 3.05) is 7.11 Å². The summed E-state index contributed by atoms with van der Waals surface area (Å²) in [6.07, 6.45) is 0. The number of nitrogens with one attached hydrogen (secondary N) is 1. The van der Waals surface area contributed by atoms with E-state index in [0.29, 0.717) is 17.6 Å². The summed E-state index contributed by atoms with van der Waals surface area (Å²) in [7, 11) is 1.59. The molecule has 68 valence electrons. The molecule has 0 aliphatic rings. The fraction of sp³-hybridized carbons (Fsp3) is 0.571. The van der Waals surface area contributed by atoms with Gasteiger partial charge >= 0.3 is 0 Å². The summed E-state index contributed by atoms with van der Waals surface area (Å²) in [6, 6.07) is 0. The number of hydrogen-bond acceptors (Lipinski definition) is 2. The molecule has 0 spiro atoms. The standard InChI is InChI=1S/C7H11BrN2O2/c1-3-10-7(11)6(8)5(9-10)4-12-2/h9H,3-4H2,1-2H3. The lowest BCUT2D eigenvalue weighted by atomic mass is 10.5. The Labute approximate surface area is 78.6 Å². The van der Waals surface area contributed by atoms with E-state index in [1.807, 2.05) is 6.92 Å². The number of aromatic nitrogens is 2. The van der Waals surface area contributed by atoms with Gasteiger partial charge in [-0.1, -0.05) is 0 Å². The number of halogens is 1. The highest BCUT2D eigenvalue weighted by Gasteiger charge is 2.09. The van der Waals surface area contributed by atoms with Crippen LogP contribution in [0.5, 0.6) is 0 Å². The summed E-state index contributed by atoms with van der Waals surface area (Å²) in [4.78, 5) is 11.3. The second kappa shape index (κ2) is 3.91. The van der Waals surface area contributed by atoms with E-state index in [0.717, 1.165) is 5.69 Å². The Kier molecular flexibility index (Phi) is 3.11. The van der Waals surface area contributed by atoms with Gasteiger partial charge in [-0.05, 0) is 22.9 Å². The molecule has 0 unspecified atom stereocenters. The van der Waals surface area contributed by atoms with Gasteiger partial charge in [0.25, 0.3) is 5.56 Å². The zero-order valence-electron chi connectivity index (χ0n) is 7.06. The van der Waals surface area contributed by atoms with Crippen molar-refractivity contribution in [1.29, 1.82) is 0 Å². The van der Waals surface area contributed by atoms with Crippen LogP contribution in [-0.2, 0) is 17.9 Å². The summed E-state index contributed by atoms with van der Waals surface area (Å²) in [5.74, 6) is 0. The molecule has 0 aliphatic heterocycles. The first-order valence-corrected chi connectivity index (χ1v) is 4.46. The minimum absolute atomic E-state index is 0.0375. The molecule has 1 aromatic rings. The van der Waals surface area contributed by atoms with E-state index in [-0.39, 0.29) is 5.56 Å². The lowest BCUT2D eigenvalue weighted by Crippen LogP contribution is -2.15. The fourth-order valence-electron chi connectivity index (χ4n) is 0.973. The molecule has 0 fully saturated rings. The molecule has 0 amide bonds. The van der Waals surface area contributed by atoms with E-state index in [1.54, 1.807) is 7.11 Å². The molecule has 4 nitrogen and oxygen atoms in total. The van der Waals surface area contributed by atoms with Crippen molar-refractivity contribution < 1.29 is 4.74 Å². The molecule has 0 bridgehead atoms. The van der Waals surface area contributed by atoms with Crippen LogP contribution in [0.25, 0.3) is 0 Å². The van der Waals surface area contributed by atoms with Gasteiger partial charge in [-0.15, -0.1) is 0 Å². The minimum atomic E-state index is -0.0375. The summed E-state index contributed by atoms with van der Waals surface area (Å²) in [5.41, 5.74) is 0.744. The van der Waals surface area contributed by atoms with E-state index < -0.39 is 0 Å². The van der Waals surface area contributed by atoms with Crippen molar-refractivity contribution in [2.45, 2.75) is 20.1 Å². The number of ether oxygens (including phenoxy) is 1. The SMILES string of the molecule is CCn1[nH]c(COC)c(Br)c1=O. The van der Waals surface area contributed by atoms with Gasteiger partial charge in [0.15, 0.2) is 0 Å². The molecule has 0 saturated carbocycles. The third kappa shape index (κ3) is 1.61. The zero-order chi connectivity index (χ0) is 9.14. The van der Waals surface area contributed by atoms with Gasteiger partial charge in [-0.3, -0.25) is 14.6 Å². The van der Waals surface area contributed by atoms with Crippen molar-refractivity contribution in [3.63, 3.8) is 0 Å². The number of methoxy groups -OCH3 is 1. The lowest BCUT2D eigenvalue weighted by molar-refractivity contribution is 0.180. The predicted molar refractivity (Wildman–Crippen MR) is 49.1 cm³/mol. The largest absolute Gasteiger partial charge is 0.378 e. The summed E-state index contributed by atoms with van der Waals surface area (Å²) in [5, 5.41) is 2.93. The summed E-state index contributed by atoms with van der Waals surface area (Å²) >= 11 is 3.20. The monoisotopic (exact) mass is 234 g/mol. The maximum atomic E-state index is 11.3. The minimum Gasteiger partial charge on any atom is -0.378 e. The molecular formula is C7H11BrN2O2. The highest BCUT2D eigenvalue weighted by molar-refractivity contribution is 9.10. The Morgan fingerprint density at radius 2 is 2.33 bits per heavy atom. The van der Waals surface area contributed by atoms with Gasteiger partial charge in [0, 0.05) is 13.7 Å². The Bertz CT molecular complexity index is 316. The first kappa shape index (κ1) is 9.54. The number of H-pyrrole nitrogens is 1. The molecule has 0 radical (unpaired) electrons. The Morgan fingerprint density at radius 3 is 2.75 bits per heavy atom. The van der Waals surface area contributed by atoms with Crippen LogP contribution in [0.3, 0.4) is 0 Å². The Morgan fingerprint density at radius 1 is 1.67 bits per heavy atom. The maximum absolute atomic E-state index is 11.3. The molecular weight excluding hydrogens is 224 g/mol. The number of aromatic amines is 1. The van der Waals surface area contributed by atoms with Crippen LogP contribution in [0.1, 0.15) is 12.6 Å². The van der Waals surface area contributed by atoms with Crippen LogP contribution >= 0.6 is 15.9 Å².